The summed E-state index contributed by atoms with van der Waals surface area (Å²) in [6.07, 6.45) is -0.641. The minimum absolute atomic E-state index is 0.184. The lowest BCUT2D eigenvalue weighted by molar-refractivity contribution is 0.0175. The Labute approximate surface area is 202 Å². The average Bonchev–Trinajstić information content (AvgIpc) is 3.27. The van der Waals surface area contributed by atoms with Gasteiger partial charge in [0.2, 0.25) is 0 Å². The summed E-state index contributed by atoms with van der Waals surface area (Å²) in [6, 6.07) is 17.7. The molecule has 0 spiro atoms. The molecule has 0 saturated carbocycles. The molecule has 2 aromatic heterocycles. The van der Waals surface area contributed by atoms with Gasteiger partial charge in [0, 0.05) is 36.2 Å². The molecular formula is C26H29N3O4S. The number of nitrogens with one attached hydrogen (secondary N) is 1. The van der Waals surface area contributed by atoms with Gasteiger partial charge in [-0.2, -0.15) is 0 Å². The van der Waals surface area contributed by atoms with E-state index in [1.54, 1.807) is 7.11 Å². The number of para-hydroxylation sites is 1. The minimum atomic E-state index is -0.641. The molecule has 7 nitrogen and oxygen atoms in total. The van der Waals surface area contributed by atoms with Gasteiger partial charge in [0.25, 0.3) is 5.56 Å². The summed E-state index contributed by atoms with van der Waals surface area (Å²) in [5.41, 5.74) is 2.60. The Balaban J connectivity index is 1.62. The van der Waals surface area contributed by atoms with Gasteiger partial charge < -0.3 is 19.6 Å². The van der Waals surface area contributed by atoms with E-state index in [0.29, 0.717) is 48.0 Å². The molecule has 1 unspecified atom stereocenters. The first kappa shape index (κ1) is 24.1. The van der Waals surface area contributed by atoms with Crippen molar-refractivity contribution in [3.63, 3.8) is 0 Å². The summed E-state index contributed by atoms with van der Waals surface area (Å²) in [5, 5.41) is 12.9. The largest absolute Gasteiger partial charge is 0.496 e. The number of rotatable bonds is 11. The van der Waals surface area contributed by atoms with Crippen LogP contribution in [0.4, 0.5) is 0 Å². The maximum absolute atomic E-state index is 13.1. The molecule has 1 atom stereocenters. The second-order valence-electron chi connectivity index (χ2n) is 8.01. The number of aromatic amines is 1. The number of fused-ring (bicyclic) bond motifs is 1. The SMILES string of the molecule is CCOCC(O)CN(Cc1ccccc1)Cc1nc2scc(-c3ccccc3OC)c2c(=O)[nH]1. The van der Waals surface area contributed by atoms with Gasteiger partial charge in [-0.05, 0) is 18.6 Å². The topological polar surface area (TPSA) is 87.7 Å². The van der Waals surface area contributed by atoms with Crippen LogP contribution >= 0.6 is 11.3 Å². The first-order chi connectivity index (χ1) is 16.6. The van der Waals surface area contributed by atoms with Gasteiger partial charge in [-0.3, -0.25) is 9.69 Å². The average molecular weight is 480 g/mol. The molecular weight excluding hydrogens is 450 g/mol. The lowest BCUT2D eigenvalue weighted by atomic mass is 10.1. The van der Waals surface area contributed by atoms with Crippen LogP contribution in [0.15, 0.2) is 64.8 Å². The number of aliphatic hydroxyl groups is 1. The van der Waals surface area contributed by atoms with E-state index in [-0.39, 0.29) is 12.2 Å². The minimum Gasteiger partial charge on any atom is -0.496 e. The molecule has 4 rings (SSSR count). The Morgan fingerprint density at radius 1 is 1.09 bits per heavy atom. The fourth-order valence-electron chi connectivity index (χ4n) is 3.98. The number of thiophene rings is 1. The molecule has 4 aromatic rings. The van der Waals surface area contributed by atoms with E-state index in [9.17, 15) is 9.90 Å². The quantitative estimate of drug-likeness (QED) is 0.337. The van der Waals surface area contributed by atoms with Gasteiger partial charge in [0.1, 0.15) is 16.4 Å². The summed E-state index contributed by atoms with van der Waals surface area (Å²) in [4.78, 5) is 23.6. The molecule has 8 heteroatoms. The Bertz CT molecular complexity index is 1270. The lowest BCUT2D eigenvalue weighted by Crippen LogP contribution is -2.35. The molecule has 0 aliphatic carbocycles. The molecule has 0 bridgehead atoms. The van der Waals surface area contributed by atoms with Crippen LogP contribution in [0.5, 0.6) is 5.75 Å². The van der Waals surface area contributed by atoms with Crippen molar-refractivity contribution in [1.29, 1.82) is 0 Å². The zero-order valence-corrected chi connectivity index (χ0v) is 20.2. The third kappa shape index (κ3) is 5.71. The normalized spacial score (nSPS) is 12.4. The Morgan fingerprint density at radius 2 is 1.85 bits per heavy atom. The third-order valence-corrected chi connectivity index (χ3v) is 6.37. The van der Waals surface area contributed by atoms with Gasteiger partial charge in [-0.1, -0.05) is 48.5 Å². The highest BCUT2D eigenvalue weighted by molar-refractivity contribution is 7.17. The highest BCUT2D eigenvalue weighted by atomic mass is 32.1. The Hall–Kier alpha value is -3.04. The van der Waals surface area contributed by atoms with Crippen molar-refractivity contribution in [2.45, 2.75) is 26.1 Å². The summed E-state index contributed by atoms with van der Waals surface area (Å²) >= 11 is 1.44. The predicted molar refractivity (Wildman–Crippen MR) is 135 cm³/mol. The van der Waals surface area contributed by atoms with Crippen LogP contribution in [-0.4, -0.2) is 52.9 Å². The number of benzene rings is 2. The number of hydrogen-bond acceptors (Lipinski definition) is 7. The van der Waals surface area contributed by atoms with Crippen molar-refractivity contribution in [1.82, 2.24) is 14.9 Å². The number of hydrogen-bond donors (Lipinski definition) is 2. The summed E-state index contributed by atoms with van der Waals surface area (Å²) in [7, 11) is 1.62. The molecule has 2 aromatic carbocycles. The number of aromatic nitrogens is 2. The number of nitrogens with zero attached hydrogens (tertiary/aromatic N) is 2. The van der Waals surface area contributed by atoms with Crippen molar-refractivity contribution >= 4 is 21.6 Å². The molecule has 2 N–H and O–H groups in total. The van der Waals surface area contributed by atoms with Crippen LogP contribution in [0, 0.1) is 0 Å². The monoisotopic (exact) mass is 479 g/mol. The van der Waals surface area contributed by atoms with Crippen molar-refractivity contribution < 1.29 is 14.6 Å². The van der Waals surface area contributed by atoms with Crippen LogP contribution in [0.2, 0.25) is 0 Å². The summed E-state index contributed by atoms with van der Waals surface area (Å²) < 4.78 is 10.9. The lowest BCUT2D eigenvalue weighted by Gasteiger charge is -2.24. The highest BCUT2D eigenvalue weighted by Crippen LogP contribution is 2.36. The molecule has 0 radical (unpaired) electrons. The first-order valence-corrected chi connectivity index (χ1v) is 12.1. The standard InChI is InChI=1S/C26H29N3O4S/c1-3-33-16-19(30)14-29(13-18-9-5-4-6-10-18)15-23-27-25(31)24-21(17-34-26(24)28-23)20-11-7-8-12-22(20)32-2/h4-12,17,19,30H,3,13-16H2,1-2H3,(H,27,28,31). The fraction of sp³-hybridized carbons (Fsp3) is 0.308. The van der Waals surface area contributed by atoms with Gasteiger partial charge in [-0.25, -0.2) is 4.98 Å². The van der Waals surface area contributed by atoms with Crippen LogP contribution in [0.25, 0.3) is 21.3 Å². The Kier molecular flexibility index (Phi) is 8.08. The molecule has 178 valence electrons. The van der Waals surface area contributed by atoms with Gasteiger partial charge in [0.15, 0.2) is 0 Å². The first-order valence-electron chi connectivity index (χ1n) is 11.2. The zero-order valence-electron chi connectivity index (χ0n) is 19.4. The summed E-state index contributed by atoms with van der Waals surface area (Å²) in [6.45, 7) is 4.12. The maximum atomic E-state index is 13.1. The zero-order chi connectivity index (χ0) is 23.9. The molecule has 0 aliphatic heterocycles. The maximum Gasteiger partial charge on any atom is 0.260 e. The van der Waals surface area contributed by atoms with Crippen molar-refractivity contribution in [3.05, 3.63) is 81.7 Å². The van der Waals surface area contributed by atoms with E-state index in [2.05, 4.69) is 9.88 Å². The number of aliphatic hydroxyl groups excluding tert-OH is 1. The number of ether oxygens (including phenoxy) is 2. The second-order valence-corrected chi connectivity index (χ2v) is 8.87. The molecule has 0 saturated heterocycles. The van der Waals surface area contributed by atoms with Crippen LogP contribution in [-0.2, 0) is 17.8 Å². The highest BCUT2D eigenvalue weighted by Gasteiger charge is 2.18. The third-order valence-electron chi connectivity index (χ3n) is 5.50. The van der Waals surface area contributed by atoms with Crippen LogP contribution < -0.4 is 10.3 Å². The van der Waals surface area contributed by atoms with E-state index in [4.69, 9.17) is 14.5 Å². The smallest absolute Gasteiger partial charge is 0.260 e. The van der Waals surface area contributed by atoms with Crippen LogP contribution in [0.3, 0.4) is 0 Å². The van der Waals surface area contributed by atoms with Gasteiger partial charge in [0.05, 0.1) is 31.8 Å². The van der Waals surface area contributed by atoms with Crippen LogP contribution in [0.1, 0.15) is 18.3 Å². The molecule has 2 heterocycles. The van der Waals surface area contributed by atoms with Crippen molar-refractivity contribution in [2.75, 3.05) is 26.9 Å². The second kappa shape index (κ2) is 11.4. The molecule has 0 aliphatic rings. The van der Waals surface area contributed by atoms with Gasteiger partial charge >= 0.3 is 0 Å². The van der Waals surface area contributed by atoms with E-state index in [1.807, 2.05) is 66.9 Å². The summed E-state index contributed by atoms with van der Waals surface area (Å²) in [5.74, 6) is 1.27. The Morgan fingerprint density at radius 3 is 2.62 bits per heavy atom. The molecule has 0 fully saturated rings. The van der Waals surface area contributed by atoms with E-state index >= 15 is 0 Å². The van der Waals surface area contributed by atoms with E-state index < -0.39 is 6.10 Å². The molecule has 0 amide bonds. The number of H-pyrrole nitrogens is 1. The predicted octanol–water partition coefficient (Wildman–Crippen LogP) is 4.06. The van der Waals surface area contributed by atoms with E-state index in [1.165, 1.54) is 11.3 Å². The number of methoxy groups -OCH3 is 1. The molecule has 34 heavy (non-hydrogen) atoms. The fourth-order valence-corrected chi connectivity index (χ4v) is 4.93. The van der Waals surface area contributed by atoms with Gasteiger partial charge in [-0.15, -0.1) is 11.3 Å². The van der Waals surface area contributed by atoms with E-state index in [0.717, 1.165) is 16.7 Å². The van der Waals surface area contributed by atoms with Crippen molar-refractivity contribution in [3.8, 4) is 16.9 Å². The van der Waals surface area contributed by atoms with Crippen molar-refractivity contribution in [2.24, 2.45) is 0 Å².